The van der Waals surface area contributed by atoms with Crippen LogP contribution in [-0.4, -0.2) is 21.8 Å². The third kappa shape index (κ3) is 3.64. The third-order valence-corrected chi connectivity index (χ3v) is 6.95. The molecule has 6 heteroatoms. The number of hydrogen-bond donors (Lipinski definition) is 0. The zero-order valence-electron chi connectivity index (χ0n) is 15.7. The summed E-state index contributed by atoms with van der Waals surface area (Å²) in [5, 5.41) is 0. The third-order valence-electron chi connectivity index (χ3n) is 4.99. The number of rotatable bonds is 5. The molecule has 0 saturated carbocycles. The van der Waals surface area contributed by atoms with Crippen LogP contribution in [0.15, 0.2) is 66.7 Å². The van der Waals surface area contributed by atoms with Crippen LogP contribution in [0.2, 0.25) is 0 Å². The fraction of sp³-hybridized carbons (Fsp3) is 0.182. The Bertz CT molecular complexity index is 1090. The van der Waals surface area contributed by atoms with Crippen LogP contribution < -0.4 is 4.74 Å². The van der Waals surface area contributed by atoms with Crippen molar-refractivity contribution >= 4 is 9.84 Å². The van der Waals surface area contributed by atoms with E-state index >= 15 is 0 Å². The Morgan fingerprint density at radius 2 is 1.43 bits per heavy atom. The second kappa shape index (κ2) is 7.36. The molecule has 3 aromatic rings. The van der Waals surface area contributed by atoms with E-state index in [4.69, 9.17) is 4.74 Å². The van der Waals surface area contributed by atoms with Gasteiger partial charge < -0.3 is 4.74 Å². The molecule has 0 aliphatic carbocycles. The van der Waals surface area contributed by atoms with Gasteiger partial charge in [0.25, 0.3) is 0 Å². The van der Waals surface area contributed by atoms with E-state index in [1.54, 1.807) is 55.5 Å². The van der Waals surface area contributed by atoms with Crippen molar-refractivity contribution in [3.63, 3.8) is 0 Å². The molecular formula is C22H20F2O3S. The molecule has 0 saturated heterocycles. The second-order valence-electron chi connectivity index (χ2n) is 6.77. The smallest absolute Gasteiger partial charge is 0.161 e. The highest BCUT2D eigenvalue weighted by atomic mass is 32.2. The normalized spacial score (nSPS) is 13.8. The maximum Gasteiger partial charge on any atom is 0.161 e. The number of hydrogen-bond acceptors (Lipinski definition) is 3. The fourth-order valence-electron chi connectivity index (χ4n) is 3.22. The minimum Gasteiger partial charge on any atom is -0.497 e. The van der Waals surface area contributed by atoms with E-state index < -0.39 is 26.2 Å². The van der Waals surface area contributed by atoms with Gasteiger partial charge in [-0.2, -0.15) is 0 Å². The molecule has 0 aliphatic rings. The van der Waals surface area contributed by atoms with Crippen molar-refractivity contribution in [1.29, 1.82) is 0 Å². The van der Waals surface area contributed by atoms with E-state index in [1.165, 1.54) is 25.5 Å². The molecule has 0 aliphatic heterocycles. The zero-order valence-corrected chi connectivity index (χ0v) is 16.6. The molecule has 3 rings (SSSR count). The Hall–Kier alpha value is -2.73. The van der Waals surface area contributed by atoms with Gasteiger partial charge in [0.1, 0.15) is 22.1 Å². The van der Waals surface area contributed by atoms with E-state index in [2.05, 4.69) is 0 Å². The Morgan fingerprint density at radius 1 is 0.821 bits per heavy atom. The first-order chi connectivity index (χ1) is 13.1. The summed E-state index contributed by atoms with van der Waals surface area (Å²) in [5.74, 6) is -0.772. The standard InChI is InChI=1S/C22H20F2O3S/c1-22(28(3,25)26,17-7-9-21(27-2)10-8-17)18-6-4-5-15(11-18)16-12-19(23)14-20(24)13-16/h4-14H,1-3H3. The predicted octanol–water partition coefficient (Wildman–Crippen LogP) is 4.95. The average molecular weight is 402 g/mol. The SMILES string of the molecule is COc1ccc(C(C)(c2cccc(-c3cc(F)cc(F)c3)c2)S(C)(=O)=O)cc1. The molecule has 0 heterocycles. The lowest BCUT2D eigenvalue weighted by molar-refractivity contribution is 0.414. The van der Waals surface area contributed by atoms with E-state index in [1.807, 2.05) is 0 Å². The Morgan fingerprint density at radius 3 is 1.96 bits per heavy atom. The summed E-state index contributed by atoms with van der Waals surface area (Å²) in [7, 11) is -2.06. The van der Waals surface area contributed by atoms with Crippen molar-refractivity contribution in [2.75, 3.05) is 13.4 Å². The first-order valence-electron chi connectivity index (χ1n) is 8.56. The van der Waals surface area contributed by atoms with Crippen molar-refractivity contribution in [1.82, 2.24) is 0 Å². The summed E-state index contributed by atoms with van der Waals surface area (Å²) in [6.07, 6.45) is 1.17. The van der Waals surface area contributed by atoms with Crippen molar-refractivity contribution in [3.05, 3.63) is 89.5 Å². The molecule has 3 nitrogen and oxygen atoms in total. The minimum absolute atomic E-state index is 0.338. The Balaban J connectivity index is 2.19. The van der Waals surface area contributed by atoms with Gasteiger partial charge in [-0.15, -0.1) is 0 Å². The largest absolute Gasteiger partial charge is 0.497 e. The van der Waals surface area contributed by atoms with E-state index in [9.17, 15) is 17.2 Å². The number of ether oxygens (including phenoxy) is 1. The lowest BCUT2D eigenvalue weighted by atomic mass is 9.90. The number of methoxy groups -OCH3 is 1. The lowest BCUT2D eigenvalue weighted by Crippen LogP contribution is -2.33. The molecule has 1 atom stereocenters. The highest BCUT2D eigenvalue weighted by Gasteiger charge is 2.39. The monoisotopic (exact) mass is 402 g/mol. The molecule has 0 N–H and O–H groups in total. The molecule has 28 heavy (non-hydrogen) atoms. The molecule has 0 fully saturated rings. The van der Waals surface area contributed by atoms with Crippen molar-refractivity contribution in [2.24, 2.45) is 0 Å². The summed E-state index contributed by atoms with van der Waals surface area (Å²) in [5.41, 5.74) is 1.94. The summed E-state index contributed by atoms with van der Waals surface area (Å²) in [4.78, 5) is 0. The van der Waals surface area contributed by atoms with Gasteiger partial charge in [-0.1, -0.05) is 30.3 Å². The minimum atomic E-state index is -3.59. The van der Waals surface area contributed by atoms with Crippen LogP contribution in [0.25, 0.3) is 11.1 Å². The second-order valence-corrected chi connectivity index (χ2v) is 9.13. The number of halogens is 2. The summed E-state index contributed by atoms with van der Waals surface area (Å²) >= 11 is 0. The highest BCUT2D eigenvalue weighted by molar-refractivity contribution is 7.91. The van der Waals surface area contributed by atoms with Gasteiger partial charge in [0, 0.05) is 12.3 Å². The Labute approximate surface area is 163 Å². The average Bonchev–Trinajstić information content (AvgIpc) is 2.66. The zero-order chi connectivity index (χ0) is 20.5. The van der Waals surface area contributed by atoms with E-state index in [-0.39, 0.29) is 0 Å². The van der Waals surface area contributed by atoms with Crippen LogP contribution in [0.4, 0.5) is 8.78 Å². The van der Waals surface area contributed by atoms with Gasteiger partial charge >= 0.3 is 0 Å². The summed E-state index contributed by atoms with van der Waals surface area (Å²) in [6, 6.07) is 16.8. The molecule has 3 aromatic carbocycles. The van der Waals surface area contributed by atoms with Crippen LogP contribution in [0.5, 0.6) is 5.75 Å². The Kier molecular flexibility index (Phi) is 5.26. The van der Waals surface area contributed by atoms with Gasteiger partial charge in [-0.25, -0.2) is 17.2 Å². The van der Waals surface area contributed by atoms with Crippen LogP contribution >= 0.6 is 0 Å². The van der Waals surface area contributed by atoms with Crippen LogP contribution in [0.3, 0.4) is 0 Å². The van der Waals surface area contributed by atoms with E-state index in [0.29, 0.717) is 28.0 Å². The fourth-order valence-corrected chi connectivity index (χ4v) is 4.34. The lowest BCUT2D eigenvalue weighted by Gasteiger charge is -2.29. The van der Waals surface area contributed by atoms with Crippen molar-refractivity contribution in [3.8, 4) is 16.9 Å². The summed E-state index contributed by atoms with van der Waals surface area (Å²) < 4.78 is 56.7. The first kappa shape index (κ1) is 20.0. The van der Waals surface area contributed by atoms with Gasteiger partial charge in [-0.3, -0.25) is 0 Å². The van der Waals surface area contributed by atoms with Gasteiger partial charge in [0.2, 0.25) is 0 Å². The predicted molar refractivity (Wildman–Crippen MR) is 106 cm³/mol. The molecule has 0 amide bonds. The maximum absolute atomic E-state index is 13.6. The maximum atomic E-state index is 13.6. The molecular weight excluding hydrogens is 382 g/mol. The van der Waals surface area contributed by atoms with Crippen LogP contribution in [0.1, 0.15) is 18.1 Å². The van der Waals surface area contributed by atoms with Crippen LogP contribution in [-0.2, 0) is 14.6 Å². The molecule has 1 unspecified atom stereocenters. The summed E-state index contributed by atoms with van der Waals surface area (Å²) in [6.45, 7) is 1.62. The number of benzene rings is 3. The first-order valence-corrected chi connectivity index (χ1v) is 10.5. The number of sulfone groups is 1. The molecule has 146 valence electrons. The van der Waals surface area contributed by atoms with E-state index in [0.717, 1.165) is 6.07 Å². The molecule has 0 aromatic heterocycles. The van der Waals surface area contributed by atoms with Gasteiger partial charge in [-0.05, 0) is 59.5 Å². The molecule has 0 bridgehead atoms. The quantitative estimate of drug-likeness (QED) is 0.607. The van der Waals surface area contributed by atoms with Crippen LogP contribution in [0, 0.1) is 11.6 Å². The van der Waals surface area contributed by atoms with Gasteiger partial charge in [0.05, 0.1) is 7.11 Å². The van der Waals surface area contributed by atoms with Crippen molar-refractivity contribution < 1.29 is 21.9 Å². The highest BCUT2D eigenvalue weighted by Crippen LogP contribution is 2.39. The van der Waals surface area contributed by atoms with Crippen molar-refractivity contribution in [2.45, 2.75) is 11.7 Å². The molecule has 0 spiro atoms. The van der Waals surface area contributed by atoms with Gasteiger partial charge in [0.15, 0.2) is 9.84 Å². The topological polar surface area (TPSA) is 43.4 Å². The molecule has 0 radical (unpaired) electrons.